The van der Waals surface area contributed by atoms with E-state index in [1.807, 2.05) is 32.9 Å². The second-order valence-corrected chi connectivity index (χ2v) is 15.7. The lowest BCUT2D eigenvalue weighted by molar-refractivity contribution is -0.132. The standard InChI is InChI=1S/C34H49ClN2O3/c1-31(2,3)36-29(39)20-37(22-10-8-21(35)9-11-22)30(40)26-14-13-24-23-12-15-27-32(4,5)28(38)17-19-34(27,7)25(23)16-18-33(24,26)6/h8-11,15,23-26,28,38H,12-14,16-20H2,1-7H3,(H,36,39)/t23-,24-,25-,26+,28-,33-,34+/m0/s1. The Kier molecular flexibility index (Phi) is 7.52. The van der Waals surface area contributed by atoms with E-state index in [4.69, 9.17) is 11.6 Å². The van der Waals surface area contributed by atoms with Crippen molar-refractivity contribution in [3.63, 3.8) is 0 Å². The van der Waals surface area contributed by atoms with Crippen molar-refractivity contribution in [3.05, 3.63) is 40.9 Å². The molecule has 7 atom stereocenters. The maximum Gasteiger partial charge on any atom is 0.240 e. The van der Waals surface area contributed by atoms with E-state index in [1.165, 1.54) is 5.57 Å². The van der Waals surface area contributed by atoms with Gasteiger partial charge in [-0.2, -0.15) is 0 Å². The fraction of sp³-hybridized carbons (Fsp3) is 0.706. The lowest BCUT2D eigenvalue weighted by Gasteiger charge is -2.61. The van der Waals surface area contributed by atoms with Crippen molar-refractivity contribution in [2.24, 2.45) is 39.9 Å². The van der Waals surface area contributed by atoms with Crippen LogP contribution in [0.15, 0.2) is 35.9 Å². The summed E-state index contributed by atoms with van der Waals surface area (Å²) in [5.41, 5.74) is 1.67. The van der Waals surface area contributed by atoms with Gasteiger partial charge < -0.3 is 15.3 Å². The molecular formula is C34H49ClN2O3. The summed E-state index contributed by atoms with van der Waals surface area (Å²) in [7, 11) is 0. The van der Waals surface area contributed by atoms with E-state index >= 15 is 0 Å². The molecule has 1 aromatic carbocycles. The summed E-state index contributed by atoms with van der Waals surface area (Å²) in [6, 6.07) is 7.28. The molecule has 0 heterocycles. The predicted octanol–water partition coefficient (Wildman–Crippen LogP) is 7.16. The molecule has 5 rings (SSSR count). The first-order valence-electron chi connectivity index (χ1n) is 15.3. The second-order valence-electron chi connectivity index (χ2n) is 15.3. The van der Waals surface area contributed by atoms with Crippen LogP contribution in [-0.2, 0) is 9.59 Å². The molecule has 0 aromatic heterocycles. The van der Waals surface area contributed by atoms with Gasteiger partial charge in [-0.25, -0.2) is 0 Å². The van der Waals surface area contributed by atoms with Crippen LogP contribution in [0.4, 0.5) is 5.69 Å². The Morgan fingerprint density at radius 3 is 2.33 bits per heavy atom. The van der Waals surface area contributed by atoms with Crippen molar-refractivity contribution in [2.75, 3.05) is 11.4 Å². The minimum atomic E-state index is -0.373. The van der Waals surface area contributed by atoms with E-state index < -0.39 is 0 Å². The summed E-state index contributed by atoms with van der Waals surface area (Å²) in [5.74, 6) is 1.44. The molecule has 3 saturated carbocycles. The first kappa shape index (κ1) is 29.6. The molecule has 0 saturated heterocycles. The number of benzene rings is 1. The van der Waals surface area contributed by atoms with Gasteiger partial charge in [0, 0.05) is 27.6 Å². The fourth-order valence-electron chi connectivity index (χ4n) is 9.50. The van der Waals surface area contributed by atoms with E-state index in [0.29, 0.717) is 22.8 Å². The third-order valence-electron chi connectivity index (χ3n) is 11.4. The van der Waals surface area contributed by atoms with E-state index in [0.717, 1.165) is 50.6 Å². The number of hydrogen-bond donors (Lipinski definition) is 2. The third-order valence-corrected chi connectivity index (χ3v) is 11.7. The first-order valence-corrected chi connectivity index (χ1v) is 15.7. The molecule has 4 aliphatic carbocycles. The maximum absolute atomic E-state index is 14.4. The Bertz CT molecular complexity index is 1180. The van der Waals surface area contributed by atoms with Gasteiger partial charge in [-0.1, -0.05) is 50.9 Å². The number of fused-ring (bicyclic) bond motifs is 5. The summed E-state index contributed by atoms with van der Waals surface area (Å²) < 4.78 is 0. The van der Waals surface area contributed by atoms with Crippen LogP contribution in [0.2, 0.25) is 5.02 Å². The normalized spacial score (nSPS) is 36.5. The minimum Gasteiger partial charge on any atom is -0.392 e. The summed E-state index contributed by atoms with van der Waals surface area (Å²) in [5, 5.41) is 14.5. The molecule has 220 valence electrons. The van der Waals surface area contributed by atoms with Gasteiger partial charge in [0.25, 0.3) is 0 Å². The highest BCUT2D eigenvalue weighted by Gasteiger charge is 2.62. The number of halogens is 1. The van der Waals surface area contributed by atoms with E-state index in [1.54, 1.807) is 17.0 Å². The number of anilines is 1. The molecule has 2 amide bonds. The summed E-state index contributed by atoms with van der Waals surface area (Å²) in [6.07, 6.45) is 9.22. The van der Waals surface area contributed by atoms with Gasteiger partial charge in [0.2, 0.25) is 11.8 Å². The number of carbonyl (C=O) groups excluding carboxylic acids is 2. The van der Waals surface area contributed by atoms with Crippen molar-refractivity contribution >= 4 is 29.1 Å². The van der Waals surface area contributed by atoms with Crippen molar-refractivity contribution in [1.82, 2.24) is 5.32 Å². The van der Waals surface area contributed by atoms with Crippen LogP contribution < -0.4 is 10.2 Å². The zero-order valence-corrected chi connectivity index (χ0v) is 26.3. The third kappa shape index (κ3) is 4.93. The molecule has 6 heteroatoms. The molecule has 5 nitrogen and oxygen atoms in total. The quantitative estimate of drug-likeness (QED) is 0.378. The van der Waals surface area contributed by atoms with Gasteiger partial charge in [-0.3, -0.25) is 9.59 Å². The Labute approximate surface area is 246 Å². The van der Waals surface area contributed by atoms with E-state index in [2.05, 4.69) is 39.1 Å². The number of aliphatic hydroxyl groups is 1. The fourth-order valence-corrected chi connectivity index (χ4v) is 9.63. The number of rotatable bonds is 4. The van der Waals surface area contributed by atoms with Gasteiger partial charge in [0.15, 0.2) is 0 Å². The lowest BCUT2D eigenvalue weighted by atomic mass is 9.44. The highest BCUT2D eigenvalue weighted by Crippen LogP contribution is 2.68. The Morgan fingerprint density at radius 2 is 1.68 bits per heavy atom. The van der Waals surface area contributed by atoms with E-state index in [-0.39, 0.29) is 52.2 Å². The van der Waals surface area contributed by atoms with Crippen LogP contribution in [0, 0.1) is 39.9 Å². The van der Waals surface area contributed by atoms with Crippen molar-refractivity contribution in [2.45, 2.75) is 105 Å². The van der Waals surface area contributed by atoms with Gasteiger partial charge >= 0.3 is 0 Å². The van der Waals surface area contributed by atoms with E-state index in [9.17, 15) is 14.7 Å². The first-order chi connectivity index (χ1) is 18.6. The average molecular weight is 569 g/mol. The second kappa shape index (κ2) is 10.2. The number of nitrogens with one attached hydrogen (secondary N) is 1. The van der Waals surface area contributed by atoms with Crippen molar-refractivity contribution < 1.29 is 14.7 Å². The summed E-state index contributed by atoms with van der Waals surface area (Å²) >= 11 is 6.18. The highest BCUT2D eigenvalue weighted by atomic mass is 35.5. The molecule has 0 radical (unpaired) electrons. The van der Waals surface area contributed by atoms with Gasteiger partial charge in [0.1, 0.15) is 6.54 Å². The van der Waals surface area contributed by atoms with Crippen LogP contribution in [0.25, 0.3) is 0 Å². The molecule has 3 fully saturated rings. The molecule has 0 aliphatic heterocycles. The molecule has 0 spiro atoms. The number of carbonyl (C=O) groups is 2. The molecular weight excluding hydrogens is 520 g/mol. The van der Waals surface area contributed by atoms with Crippen LogP contribution in [-0.4, -0.2) is 35.1 Å². The maximum atomic E-state index is 14.4. The molecule has 1 aromatic rings. The minimum absolute atomic E-state index is 0.00259. The molecule has 0 bridgehead atoms. The monoisotopic (exact) mass is 568 g/mol. The SMILES string of the molecule is CC(C)(C)NC(=O)CN(C(=O)[C@H]1CC[C@H]2[C@@H]3CC=C4C(C)(C)[C@@H](O)CC[C@]4(C)[C@H]3CC[C@]12C)c1ccc(Cl)cc1. The Morgan fingerprint density at radius 1 is 1.00 bits per heavy atom. The Balaban J connectivity index is 1.42. The topological polar surface area (TPSA) is 69.6 Å². The number of nitrogens with zero attached hydrogens (tertiary/aromatic N) is 1. The lowest BCUT2D eigenvalue weighted by Crippen LogP contribution is -2.55. The van der Waals surface area contributed by atoms with Gasteiger partial charge in [-0.05, 0) is 119 Å². The molecule has 0 unspecified atom stereocenters. The smallest absolute Gasteiger partial charge is 0.240 e. The van der Waals surface area contributed by atoms with Crippen LogP contribution in [0.3, 0.4) is 0 Å². The number of hydrogen-bond acceptors (Lipinski definition) is 3. The average Bonchev–Trinajstić information content (AvgIpc) is 3.21. The molecule has 40 heavy (non-hydrogen) atoms. The predicted molar refractivity (Wildman–Crippen MR) is 162 cm³/mol. The number of amides is 2. The zero-order chi connectivity index (χ0) is 29.3. The number of allylic oxidation sites excluding steroid dienone is 1. The Hall–Kier alpha value is -1.85. The summed E-state index contributed by atoms with van der Waals surface area (Å²) in [4.78, 5) is 29.2. The van der Waals surface area contributed by atoms with Gasteiger partial charge in [0.05, 0.1) is 6.10 Å². The van der Waals surface area contributed by atoms with Gasteiger partial charge in [-0.15, -0.1) is 0 Å². The number of aliphatic hydroxyl groups excluding tert-OH is 1. The zero-order valence-electron chi connectivity index (χ0n) is 25.5. The van der Waals surface area contributed by atoms with Crippen molar-refractivity contribution in [1.29, 1.82) is 0 Å². The summed E-state index contributed by atoms with van der Waals surface area (Å²) in [6.45, 7) is 15.1. The molecule has 4 aliphatic rings. The van der Waals surface area contributed by atoms with Crippen LogP contribution in [0.5, 0.6) is 0 Å². The van der Waals surface area contributed by atoms with Crippen LogP contribution >= 0.6 is 11.6 Å². The largest absolute Gasteiger partial charge is 0.392 e. The van der Waals surface area contributed by atoms with Crippen molar-refractivity contribution in [3.8, 4) is 0 Å². The molecule has 2 N–H and O–H groups in total. The highest BCUT2D eigenvalue weighted by molar-refractivity contribution is 6.30. The van der Waals surface area contributed by atoms with Crippen LogP contribution in [0.1, 0.15) is 93.4 Å².